The van der Waals surface area contributed by atoms with Gasteiger partial charge in [-0.05, 0) is 49.6 Å². The van der Waals surface area contributed by atoms with Crippen molar-refractivity contribution in [2.75, 3.05) is 17.4 Å². The van der Waals surface area contributed by atoms with Crippen LogP contribution in [0.15, 0.2) is 57.9 Å². The molecule has 7 heteroatoms. The van der Waals surface area contributed by atoms with E-state index >= 15 is 0 Å². The zero-order chi connectivity index (χ0) is 20.0. The van der Waals surface area contributed by atoms with E-state index in [0.29, 0.717) is 18.2 Å². The van der Waals surface area contributed by atoms with Crippen molar-refractivity contribution < 1.29 is 13.2 Å². The summed E-state index contributed by atoms with van der Waals surface area (Å²) >= 11 is 3.37. The number of carbonyl (C=O) groups excluding carboxylic acids is 1. The predicted molar refractivity (Wildman–Crippen MR) is 112 cm³/mol. The molecule has 0 fully saturated rings. The minimum atomic E-state index is -3.87. The Morgan fingerprint density at radius 2 is 1.81 bits per heavy atom. The quantitative estimate of drug-likeness (QED) is 0.654. The van der Waals surface area contributed by atoms with E-state index in [9.17, 15) is 13.2 Å². The van der Waals surface area contributed by atoms with E-state index in [4.69, 9.17) is 0 Å². The van der Waals surface area contributed by atoms with Gasteiger partial charge in [-0.25, -0.2) is 8.42 Å². The number of rotatable bonds is 8. The van der Waals surface area contributed by atoms with Crippen LogP contribution in [0, 0.1) is 12.8 Å². The Bertz CT molecular complexity index is 880. The number of amides is 1. The summed E-state index contributed by atoms with van der Waals surface area (Å²) in [5.41, 5.74) is 1.40. The lowest BCUT2D eigenvalue weighted by Crippen LogP contribution is -2.41. The smallest absolute Gasteiger partial charge is 0.264 e. The number of benzene rings is 2. The summed E-state index contributed by atoms with van der Waals surface area (Å²) < 4.78 is 28.3. The number of anilines is 1. The van der Waals surface area contributed by atoms with Crippen LogP contribution in [0.3, 0.4) is 0 Å². The van der Waals surface area contributed by atoms with Crippen LogP contribution >= 0.6 is 15.9 Å². The lowest BCUT2D eigenvalue weighted by atomic mass is 10.1. The summed E-state index contributed by atoms with van der Waals surface area (Å²) in [5, 5.41) is 2.80. The Morgan fingerprint density at radius 3 is 2.41 bits per heavy atom. The first-order valence-corrected chi connectivity index (χ1v) is 11.0. The van der Waals surface area contributed by atoms with Gasteiger partial charge in [0.2, 0.25) is 5.91 Å². The molecule has 27 heavy (non-hydrogen) atoms. The molecular weight excluding hydrogens is 428 g/mol. The number of aryl methyl sites for hydroxylation is 1. The van der Waals surface area contributed by atoms with Crippen molar-refractivity contribution >= 4 is 37.5 Å². The molecule has 0 spiro atoms. The van der Waals surface area contributed by atoms with E-state index in [1.807, 2.05) is 13.0 Å². The third-order valence-corrected chi connectivity index (χ3v) is 6.32. The van der Waals surface area contributed by atoms with Gasteiger partial charge in [0.15, 0.2) is 0 Å². The SMILES string of the molecule is Cc1ccc(S(=O)(=O)N(CC(=O)NCCC(C)C)c2cccc(Br)c2)cc1. The van der Waals surface area contributed by atoms with Crippen molar-refractivity contribution in [1.29, 1.82) is 0 Å². The van der Waals surface area contributed by atoms with E-state index in [1.54, 1.807) is 42.5 Å². The minimum Gasteiger partial charge on any atom is -0.355 e. The van der Waals surface area contributed by atoms with Gasteiger partial charge in [0, 0.05) is 11.0 Å². The number of carbonyl (C=O) groups is 1. The van der Waals surface area contributed by atoms with E-state index in [2.05, 4.69) is 35.1 Å². The van der Waals surface area contributed by atoms with E-state index in [0.717, 1.165) is 20.8 Å². The molecular formula is C20H25BrN2O3S. The lowest BCUT2D eigenvalue weighted by molar-refractivity contribution is -0.119. The second kappa shape index (κ2) is 9.37. The van der Waals surface area contributed by atoms with Crippen LogP contribution in [-0.2, 0) is 14.8 Å². The number of nitrogens with zero attached hydrogens (tertiary/aromatic N) is 1. The maximum atomic E-state index is 13.2. The second-order valence-electron chi connectivity index (χ2n) is 6.84. The molecule has 0 atom stereocenters. The Kier molecular flexibility index (Phi) is 7.44. The molecule has 0 aliphatic heterocycles. The molecule has 1 N–H and O–H groups in total. The fourth-order valence-corrected chi connectivity index (χ4v) is 4.27. The van der Waals surface area contributed by atoms with Gasteiger partial charge < -0.3 is 5.32 Å². The fourth-order valence-electron chi connectivity index (χ4n) is 2.47. The average Bonchev–Trinajstić information content (AvgIpc) is 2.59. The number of nitrogens with one attached hydrogen (secondary N) is 1. The standard InChI is InChI=1S/C20H25BrN2O3S/c1-15(2)11-12-22-20(24)14-23(18-6-4-5-17(21)13-18)27(25,26)19-9-7-16(3)8-10-19/h4-10,13,15H,11-12,14H2,1-3H3,(H,22,24). The van der Waals surface area contributed by atoms with Gasteiger partial charge in [0.1, 0.15) is 6.54 Å². The Hall–Kier alpha value is -1.86. The van der Waals surface area contributed by atoms with Crippen molar-refractivity contribution in [3.05, 3.63) is 58.6 Å². The van der Waals surface area contributed by atoms with E-state index < -0.39 is 10.0 Å². The molecule has 2 aromatic rings. The maximum Gasteiger partial charge on any atom is 0.264 e. The summed E-state index contributed by atoms with van der Waals surface area (Å²) in [5.74, 6) is 0.133. The molecule has 0 saturated carbocycles. The molecule has 0 heterocycles. The number of hydrogen-bond donors (Lipinski definition) is 1. The highest BCUT2D eigenvalue weighted by atomic mass is 79.9. The predicted octanol–water partition coefficient (Wildman–Crippen LogP) is 4.12. The largest absolute Gasteiger partial charge is 0.355 e. The zero-order valence-corrected chi connectivity index (χ0v) is 18.2. The van der Waals surface area contributed by atoms with Gasteiger partial charge in [-0.1, -0.05) is 53.5 Å². The number of hydrogen-bond acceptors (Lipinski definition) is 3. The summed E-state index contributed by atoms with van der Waals surface area (Å²) in [6.07, 6.45) is 0.841. The first kappa shape index (κ1) is 21.4. The molecule has 0 unspecified atom stereocenters. The molecule has 0 saturated heterocycles. The molecule has 2 aromatic carbocycles. The van der Waals surface area contributed by atoms with Crippen molar-refractivity contribution in [2.24, 2.45) is 5.92 Å². The maximum absolute atomic E-state index is 13.2. The molecule has 1 amide bonds. The van der Waals surface area contributed by atoms with Crippen molar-refractivity contribution in [3.8, 4) is 0 Å². The highest BCUT2D eigenvalue weighted by Crippen LogP contribution is 2.26. The first-order chi connectivity index (χ1) is 12.7. The molecule has 146 valence electrons. The van der Waals surface area contributed by atoms with E-state index in [1.165, 1.54) is 0 Å². The van der Waals surface area contributed by atoms with Crippen molar-refractivity contribution in [1.82, 2.24) is 5.32 Å². The summed E-state index contributed by atoms with van der Waals surface area (Å²) in [7, 11) is -3.87. The first-order valence-electron chi connectivity index (χ1n) is 8.82. The average molecular weight is 453 g/mol. The highest BCUT2D eigenvalue weighted by Gasteiger charge is 2.27. The zero-order valence-electron chi connectivity index (χ0n) is 15.8. The minimum absolute atomic E-state index is 0.156. The van der Waals surface area contributed by atoms with Gasteiger partial charge in [0.05, 0.1) is 10.6 Å². The fraction of sp³-hybridized carbons (Fsp3) is 0.350. The third-order valence-electron chi connectivity index (χ3n) is 4.04. The highest BCUT2D eigenvalue weighted by molar-refractivity contribution is 9.10. The van der Waals surface area contributed by atoms with Gasteiger partial charge in [-0.15, -0.1) is 0 Å². The van der Waals surface area contributed by atoms with Gasteiger partial charge >= 0.3 is 0 Å². The van der Waals surface area contributed by atoms with Crippen LogP contribution in [0.2, 0.25) is 0 Å². The summed E-state index contributed by atoms with van der Waals surface area (Å²) in [4.78, 5) is 12.6. The molecule has 0 aromatic heterocycles. The van der Waals surface area contributed by atoms with Crippen LogP contribution in [0.4, 0.5) is 5.69 Å². The molecule has 2 rings (SSSR count). The van der Waals surface area contributed by atoms with Crippen LogP contribution in [0.5, 0.6) is 0 Å². The molecule has 0 aliphatic rings. The molecule has 0 bridgehead atoms. The lowest BCUT2D eigenvalue weighted by Gasteiger charge is -2.24. The van der Waals surface area contributed by atoms with Gasteiger partial charge in [-0.3, -0.25) is 9.10 Å². The summed E-state index contributed by atoms with van der Waals surface area (Å²) in [6, 6.07) is 13.5. The normalized spacial score (nSPS) is 11.4. The number of sulfonamides is 1. The van der Waals surface area contributed by atoms with Gasteiger partial charge in [-0.2, -0.15) is 0 Å². The molecule has 0 radical (unpaired) electrons. The van der Waals surface area contributed by atoms with Crippen LogP contribution in [0.1, 0.15) is 25.8 Å². The van der Waals surface area contributed by atoms with Crippen molar-refractivity contribution in [3.63, 3.8) is 0 Å². The van der Waals surface area contributed by atoms with Crippen LogP contribution < -0.4 is 9.62 Å². The molecule has 5 nitrogen and oxygen atoms in total. The van der Waals surface area contributed by atoms with Gasteiger partial charge in [0.25, 0.3) is 10.0 Å². The third kappa shape index (κ3) is 6.07. The van der Waals surface area contributed by atoms with E-state index in [-0.39, 0.29) is 17.3 Å². The summed E-state index contributed by atoms with van der Waals surface area (Å²) in [6.45, 7) is 6.28. The monoisotopic (exact) mass is 452 g/mol. The van der Waals surface area contributed by atoms with Crippen molar-refractivity contribution in [2.45, 2.75) is 32.1 Å². The topological polar surface area (TPSA) is 66.5 Å². The second-order valence-corrected chi connectivity index (χ2v) is 9.62. The molecule has 0 aliphatic carbocycles. The Morgan fingerprint density at radius 1 is 1.15 bits per heavy atom. The van der Waals surface area contributed by atoms with Crippen LogP contribution in [0.25, 0.3) is 0 Å². The van der Waals surface area contributed by atoms with Crippen LogP contribution in [-0.4, -0.2) is 27.4 Å². The Labute approximate surface area is 170 Å². The number of halogens is 1. The Balaban J connectivity index is 2.32.